The van der Waals surface area contributed by atoms with E-state index in [2.05, 4.69) is 42.9 Å². The third-order valence-electron chi connectivity index (χ3n) is 3.10. The van der Waals surface area contributed by atoms with E-state index >= 15 is 0 Å². The van der Waals surface area contributed by atoms with Gasteiger partial charge >= 0.3 is 0 Å². The predicted octanol–water partition coefficient (Wildman–Crippen LogP) is 3.33. The molecule has 4 nitrogen and oxygen atoms in total. The number of hydrogen-bond donors (Lipinski definition) is 1. The zero-order valence-electron chi connectivity index (χ0n) is 11.1. The van der Waals surface area contributed by atoms with Gasteiger partial charge in [0.1, 0.15) is 16.5 Å². The van der Waals surface area contributed by atoms with Gasteiger partial charge in [-0.3, -0.25) is 0 Å². The summed E-state index contributed by atoms with van der Waals surface area (Å²) in [6.45, 7) is 8.80. The molecule has 0 saturated heterocycles. The minimum atomic E-state index is 0.181. The molecule has 0 unspecified atom stereocenters. The van der Waals surface area contributed by atoms with Gasteiger partial charge in [0.2, 0.25) is 0 Å². The van der Waals surface area contributed by atoms with Gasteiger partial charge < -0.3 is 5.73 Å². The lowest BCUT2D eigenvalue weighted by molar-refractivity contribution is 0.337. The largest absolute Gasteiger partial charge is 0.384 e. The van der Waals surface area contributed by atoms with Gasteiger partial charge in [-0.25, -0.2) is 4.98 Å². The second kappa shape index (κ2) is 4.65. The molecule has 0 aliphatic heterocycles. The maximum absolute atomic E-state index is 5.68. The van der Waals surface area contributed by atoms with E-state index in [1.54, 1.807) is 17.4 Å². The van der Waals surface area contributed by atoms with E-state index in [1.807, 2.05) is 12.1 Å². The van der Waals surface area contributed by atoms with Crippen molar-refractivity contribution in [1.82, 2.24) is 15.2 Å². The second-order valence-corrected chi connectivity index (χ2v) is 6.49. The molecule has 18 heavy (non-hydrogen) atoms. The van der Waals surface area contributed by atoms with Crippen LogP contribution in [-0.2, 0) is 0 Å². The highest BCUT2D eigenvalue weighted by Gasteiger charge is 2.25. The molecule has 96 valence electrons. The molecule has 2 N–H and O–H groups in total. The number of pyridine rings is 1. The molecule has 0 fully saturated rings. The van der Waals surface area contributed by atoms with E-state index in [4.69, 9.17) is 5.73 Å². The van der Waals surface area contributed by atoms with Crippen LogP contribution in [0.15, 0.2) is 18.2 Å². The Hall–Kier alpha value is -1.49. The fourth-order valence-electron chi connectivity index (χ4n) is 1.45. The normalized spacial score (nSPS) is 13.6. The molecular formula is C13H18N4S. The Morgan fingerprint density at radius 2 is 1.94 bits per heavy atom. The van der Waals surface area contributed by atoms with Gasteiger partial charge in [0.05, 0.1) is 0 Å². The lowest BCUT2D eigenvalue weighted by Gasteiger charge is -2.24. The minimum absolute atomic E-state index is 0.181. The van der Waals surface area contributed by atoms with Crippen LogP contribution in [0.1, 0.15) is 38.6 Å². The standard InChI is InChI=1S/C13H18N4S/c1-8(13(2,3)4)11-16-17-12(18-11)9-6-5-7-10(14)15-9/h5-8H,1-4H3,(H2,14,15)/t8-/m0/s1. The predicted molar refractivity (Wildman–Crippen MR) is 75.4 cm³/mol. The van der Waals surface area contributed by atoms with Crippen molar-refractivity contribution in [2.45, 2.75) is 33.6 Å². The molecule has 0 radical (unpaired) electrons. The molecule has 1 atom stereocenters. The average molecular weight is 262 g/mol. The Bertz CT molecular complexity index is 542. The van der Waals surface area contributed by atoms with Gasteiger partial charge in [-0.05, 0) is 17.5 Å². The SMILES string of the molecule is C[C@@H](c1nnc(-c2cccc(N)n2)s1)C(C)(C)C. The summed E-state index contributed by atoms with van der Waals surface area (Å²) in [5.41, 5.74) is 6.65. The zero-order chi connectivity index (χ0) is 13.3. The molecule has 0 amide bonds. The topological polar surface area (TPSA) is 64.7 Å². The van der Waals surface area contributed by atoms with Crippen LogP contribution in [0.5, 0.6) is 0 Å². The van der Waals surface area contributed by atoms with Crippen LogP contribution < -0.4 is 5.73 Å². The highest BCUT2D eigenvalue weighted by molar-refractivity contribution is 7.14. The highest BCUT2D eigenvalue weighted by Crippen LogP contribution is 2.37. The van der Waals surface area contributed by atoms with E-state index < -0.39 is 0 Å². The van der Waals surface area contributed by atoms with Crippen LogP contribution in [0.25, 0.3) is 10.7 Å². The first-order valence-corrected chi connectivity index (χ1v) is 6.76. The quantitative estimate of drug-likeness (QED) is 0.901. The molecule has 2 aromatic rings. The van der Waals surface area contributed by atoms with Gasteiger partial charge in [-0.2, -0.15) is 0 Å². The van der Waals surface area contributed by atoms with Crippen molar-refractivity contribution in [3.05, 3.63) is 23.2 Å². The Morgan fingerprint density at radius 3 is 2.56 bits per heavy atom. The van der Waals surface area contributed by atoms with E-state index in [0.717, 1.165) is 15.7 Å². The van der Waals surface area contributed by atoms with Gasteiger partial charge in [0, 0.05) is 5.92 Å². The Balaban J connectivity index is 2.31. The number of hydrogen-bond acceptors (Lipinski definition) is 5. The zero-order valence-corrected chi connectivity index (χ0v) is 12.0. The second-order valence-electron chi connectivity index (χ2n) is 5.48. The summed E-state index contributed by atoms with van der Waals surface area (Å²) in [6, 6.07) is 5.55. The van der Waals surface area contributed by atoms with Crippen molar-refractivity contribution in [2.75, 3.05) is 5.73 Å². The third kappa shape index (κ3) is 2.67. The summed E-state index contributed by atoms with van der Waals surface area (Å²) < 4.78 is 0. The molecule has 0 aromatic carbocycles. The molecule has 0 aliphatic rings. The van der Waals surface area contributed by atoms with Crippen molar-refractivity contribution in [1.29, 1.82) is 0 Å². The summed E-state index contributed by atoms with van der Waals surface area (Å²) in [5.74, 6) is 0.873. The lowest BCUT2D eigenvalue weighted by Crippen LogP contribution is -2.14. The first-order valence-electron chi connectivity index (χ1n) is 5.94. The molecule has 0 saturated carbocycles. The van der Waals surface area contributed by atoms with Gasteiger partial charge in [0.25, 0.3) is 0 Å². The molecule has 0 aliphatic carbocycles. The van der Waals surface area contributed by atoms with E-state index in [0.29, 0.717) is 11.7 Å². The number of nitrogens with zero attached hydrogens (tertiary/aromatic N) is 3. The van der Waals surface area contributed by atoms with Gasteiger partial charge in [-0.15, -0.1) is 10.2 Å². The number of nitrogen functional groups attached to an aromatic ring is 1. The summed E-state index contributed by atoms with van der Waals surface area (Å²) in [7, 11) is 0. The van der Waals surface area contributed by atoms with E-state index in [-0.39, 0.29) is 5.41 Å². The van der Waals surface area contributed by atoms with Gasteiger partial charge in [0.15, 0.2) is 5.01 Å². The molecule has 5 heteroatoms. The van der Waals surface area contributed by atoms with Crippen LogP contribution in [-0.4, -0.2) is 15.2 Å². The van der Waals surface area contributed by atoms with Crippen LogP contribution in [0.3, 0.4) is 0 Å². The molecular weight excluding hydrogens is 244 g/mol. The fraction of sp³-hybridized carbons (Fsp3) is 0.462. The average Bonchev–Trinajstić information content (AvgIpc) is 2.75. The van der Waals surface area contributed by atoms with Crippen molar-refractivity contribution in [2.24, 2.45) is 5.41 Å². The Morgan fingerprint density at radius 1 is 1.22 bits per heavy atom. The van der Waals surface area contributed by atoms with Crippen LogP contribution in [0.4, 0.5) is 5.82 Å². The van der Waals surface area contributed by atoms with Crippen molar-refractivity contribution >= 4 is 17.2 Å². The maximum Gasteiger partial charge on any atom is 0.166 e. The summed E-state index contributed by atoms with van der Waals surface area (Å²) in [6.07, 6.45) is 0. The van der Waals surface area contributed by atoms with E-state index in [9.17, 15) is 0 Å². The van der Waals surface area contributed by atoms with Crippen molar-refractivity contribution in [3.8, 4) is 10.7 Å². The first-order chi connectivity index (χ1) is 8.38. The minimum Gasteiger partial charge on any atom is -0.384 e. The Kier molecular flexibility index (Phi) is 3.34. The fourth-order valence-corrected chi connectivity index (χ4v) is 2.56. The van der Waals surface area contributed by atoms with E-state index in [1.165, 1.54) is 0 Å². The van der Waals surface area contributed by atoms with Crippen LogP contribution in [0, 0.1) is 5.41 Å². The van der Waals surface area contributed by atoms with Crippen LogP contribution >= 0.6 is 11.3 Å². The third-order valence-corrected chi connectivity index (χ3v) is 4.23. The smallest absolute Gasteiger partial charge is 0.166 e. The molecule has 2 aromatic heterocycles. The lowest BCUT2D eigenvalue weighted by atomic mass is 9.83. The molecule has 0 spiro atoms. The van der Waals surface area contributed by atoms with Crippen LogP contribution in [0.2, 0.25) is 0 Å². The number of aromatic nitrogens is 3. The monoisotopic (exact) mass is 262 g/mol. The van der Waals surface area contributed by atoms with Crippen molar-refractivity contribution in [3.63, 3.8) is 0 Å². The number of nitrogens with two attached hydrogens (primary N) is 1. The number of anilines is 1. The summed E-state index contributed by atoms with van der Waals surface area (Å²) in [5, 5.41) is 10.4. The number of rotatable bonds is 2. The molecule has 2 rings (SSSR count). The first kappa shape index (κ1) is 13.0. The molecule has 2 heterocycles. The maximum atomic E-state index is 5.68. The summed E-state index contributed by atoms with van der Waals surface area (Å²) in [4.78, 5) is 4.26. The molecule has 0 bridgehead atoms. The summed E-state index contributed by atoms with van der Waals surface area (Å²) >= 11 is 1.59. The van der Waals surface area contributed by atoms with Gasteiger partial charge in [-0.1, -0.05) is 45.1 Å². The highest BCUT2D eigenvalue weighted by atomic mass is 32.1. The van der Waals surface area contributed by atoms with Crippen molar-refractivity contribution < 1.29 is 0 Å². The Labute approximate surface area is 111 Å².